The summed E-state index contributed by atoms with van der Waals surface area (Å²) in [5, 5.41) is 4.29. The van der Waals surface area contributed by atoms with Crippen LogP contribution in [0.15, 0.2) is 142 Å². The molecule has 6 aromatic carbocycles. The number of hydrogen-bond acceptors (Lipinski definition) is 7. The van der Waals surface area contributed by atoms with Gasteiger partial charge in [0, 0.05) is 53.2 Å². The summed E-state index contributed by atoms with van der Waals surface area (Å²) < 4.78 is 14.6. The van der Waals surface area contributed by atoms with E-state index in [0.717, 1.165) is 70.8 Å². The first-order valence-electron chi connectivity index (χ1n) is 15.3. The molecule has 10 rings (SSSR count). The first-order chi connectivity index (χ1) is 23.3. The molecule has 6 nitrogen and oxygen atoms in total. The van der Waals surface area contributed by atoms with Crippen LogP contribution in [0.3, 0.4) is 0 Å². The SMILES string of the molecule is c1ccc(-c2nc(-c3cccc4c3sc3ccc(-c5nc6ccccc6o5)cc34)nc(-c3cccc4oc5ccccc5c34)n2)cc1. The van der Waals surface area contributed by atoms with Crippen LogP contribution in [0.5, 0.6) is 0 Å². The fourth-order valence-corrected chi connectivity index (χ4v) is 7.59. The minimum atomic E-state index is 0.599. The zero-order chi connectivity index (χ0) is 30.9. The summed E-state index contributed by atoms with van der Waals surface area (Å²) in [4.78, 5) is 20.0. The Morgan fingerprint density at radius 2 is 1.15 bits per heavy atom. The van der Waals surface area contributed by atoms with E-state index in [1.54, 1.807) is 11.3 Å². The lowest BCUT2D eigenvalue weighted by atomic mass is 10.0. The van der Waals surface area contributed by atoms with E-state index in [2.05, 4.69) is 48.5 Å². The minimum Gasteiger partial charge on any atom is -0.456 e. The van der Waals surface area contributed by atoms with E-state index in [1.165, 1.54) is 4.70 Å². The second kappa shape index (κ2) is 10.2. The average Bonchev–Trinajstić information content (AvgIpc) is 3.85. The second-order valence-electron chi connectivity index (χ2n) is 11.4. The summed E-state index contributed by atoms with van der Waals surface area (Å²) in [6.45, 7) is 0. The molecule has 4 heterocycles. The maximum absolute atomic E-state index is 6.21. The van der Waals surface area contributed by atoms with E-state index in [4.69, 9.17) is 28.8 Å². The van der Waals surface area contributed by atoms with Crippen LogP contribution < -0.4 is 0 Å². The summed E-state index contributed by atoms with van der Waals surface area (Å²) in [5.74, 6) is 2.45. The Hall–Kier alpha value is -6.18. The normalized spacial score (nSPS) is 11.8. The Morgan fingerprint density at radius 1 is 0.447 bits per heavy atom. The number of furan rings is 1. The van der Waals surface area contributed by atoms with Crippen LogP contribution in [-0.4, -0.2) is 19.9 Å². The topological polar surface area (TPSA) is 77.8 Å². The van der Waals surface area contributed by atoms with Gasteiger partial charge in [-0.2, -0.15) is 0 Å². The summed E-state index contributed by atoms with van der Waals surface area (Å²) in [7, 11) is 0. The Morgan fingerprint density at radius 3 is 2.04 bits per heavy atom. The highest BCUT2D eigenvalue weighted by Crippen LogP contribution is 2.42. The van der Waals surface area contributed by atoms with Crippen molar-refractivity contribution in [2.45, 2.75) is 0 Å². The van der Waals surface area contributed by atoms with E-state index in [0.29, 0.717) is 23.4 Å². The summed E-state index contributed by atoms with van der Waals surface area (Å²) in [5.41, 5.74) is 6.98. The summed E-state index contributed by atoms with van der Waals surface area (Å²) >= 11 is 1.73. The molecule has 0 unspecified atom stereocenters. The van der Waals surface area contributed by atoms with Crippen molar-refractivity contribution in [3.8, 4) is 45.6 Å². The molecule has 0 spiro atoms. The van der Waals surface area contributed by atoms with Gasteiger partial charge in [-0.25, -0.2) is 19.9 Å². The fourth-order valence-electron chi connectivity index (χ4n) is 6.40. The number of oxazole rings is 1. The molecule has 220 valence electrons. The van der Waals surface area contributed by atoms with Gasteiger partial charge in [-0.15, -0.1) is 11.3 Å². The number of benzene rings is 6. The maximum Gasteiger partial charge on any atom is 0.227 e. The number of thiophene rings is 1. The van der Waals surface area contributed by atoms with Gasteiger partial charge >= 0.3 is 0 Å². The number of nitrogens with zero attached hydrogens (tertiary/aromatic N) is 4. The molecule has 0 atom stereocenters. The molecule has 0 aliphatic carbocycles. The zero-order valence-electron chi connectivity index (χ0n) is 24.7. The highest BCUT2D eigenvalue weighted by Gasteiger charge is 2.20. The van der Waals surface area contributed by atoms with Crippen molar-refractivity contribution in [1.82, 2.24) is 19.9 Å². The fraction of sp³-hybridized carbons (Fsp3) is 0. The van der Waals surface area contributed by atoms with E-state index in [1.807, 2.05) is 84.9 Å². The second-order valence-corrected chi connectivity index (χ2v) is 12.5. The molecule has 0 amide bonds. The molecule has 0 aliphatic rings. The van der Waals surface area contributed by atoms with Crippen LogP contribution in [0.2, 0.25) is 0 Å². The van der Waals surface area contributed by atoms with E-state index < -0.39 is 0 Å². The number of para-hydroxylation sites is 3. The third-order valence-corrected chi connectivity index (χ3v) is 9.81. The number of hydrogen-bond donors (Lipinski definition) is 0. The van der Waals surface area contributed by atoms with Crippen LogP contribution in [0.4, 0.5) is 0 Å². The third-order valence-electron chi connectivity index (χ3n) is 8.59. The van der Waals surface area contributed by atoms with Gasteiger partial charge < -0.3 is 8.83 Å². The van der Waals surface area contributed by atoms with Crippen molar-refractivity contribution in [1.29, 1.82) is 0 Å². The molecule has 0 saturated carbocycles. The Balaban J connectivity index is 1.19. The first kappa shape index (κ1) is 26.1. The third kappa shape index (κ3) is 4.17. The van der Waals surface area contributed by atoms with Gasteiger partial charge in [0.1, 0.15) is 16.7 Å². The van der Waals surface area contributed by atoms with Gasteiger partial charge in [-0.05, 0) is 48.5 Å². The molecule has 0 fully saturated rings. The highest BCUT2D eigenvalue weighted by atomic mass is 32.1. The van der Waals surface area contributed by atoms with Crippen LogP contribution in [0, 0.1) is 0 Å². The Bertz CT molecular complexity index is 2780. The van der Waals surface area contributed by atoms with Crippen molar-refractivity contribution in [3.05, 3.63) is 133 Å². The van der Waals surface area contributed by atoms with Crippen LogP contribution >= 0.6 is 11.3 Å². The lowest BCUT2D eigenvalue weighted by Crippen LogP contribution is -2.00. The van der Waals surface area contributed by atoms with Crippen molar-refractivity contribution in [2.24, 2.45) is 0 Å². The van der Waals surface area contributed by atoms with Gasteiger partial charge in [0.05, 0.1) is 0 Å². The molecular formula is C40H22N4O2S. The number of aromatic nitrogens is 4. The van der Waals surface area contributed by atoms with Gasteiger partial charge in [0.25, 0.3) is 0 Å². The molecule has 4 aromatic heterocycles. The molecule has 7 heteroatoms. The average molecular weight is 623 g/mol. The zero-order valence-corrected chi connectivity index (χ0v) is 25.5. The predicted octanol–water partition coefficient (Wildman–Crippen LogP) is 10.9. The Labute approximate surface area is 271 Å². The summed E-state index contributed by atoms with van der Waals surface area (Å²) in [6, 6.07) is 44.8. The molecule has 0 N–H and O–H groups in total. The van der Waals surface area contributed by atoms with Gasteiger partial charge in [-0.3, -0.25) is 0 Å². The molecule has 47 heavy (non-hydrogen) atoms. The lowest BCUT2D eigenvalue weighted by molar-refractivity contribution is 0.620. The first-order valence-corrected chi connectivity index (χ1v) is 16.1. The molecule has 0 aliphatic heterocycles. The van der Waals surface area contributed by atoms with Crippen molar-refractivity contribution in [2.75, 3.05) is 0 Å². The number of fused-ring (bicyclic) bond motifs is 7. The Kier molecular flexibility index (Phi) is 5.64. The maximum atomic E-state index is 6.21. The minimum absolute atomic E-state index is 0.599. The van der Waals surface area contributed by atoms with Crippen LogP contribution in [-0.2, 0) is 0 Å². The molecular weight excluding hydrogens is 601 g/mol. The van der Waals surface area contributed by atoms with Gasteiger partial charge in [-0.1, -0.05) is 84.9 Å². The monoisotopic (exact) mass is 622 g/mol. The predicted molar refractivity (Wildman–Crippen MR) is 189 cm³/mol. The van der Waals surface area contributed by atoms with Crippen molar-refractivity contribution < 1.29 is 8.83 Å². The standard InChI is InChI=1S/C40H22N4O2S/c1-2-10-23(11-3-1)37-42-38(27-14-9-19-33-35(27)26-12-4-6-17-31(26)45-33)44-39(43-37)28-15-8-13-25-29-22-24(20-21-34(29)47-36(25)28)40-41-30-16-5-7-18-32(30)46-40/h1-22H. The van der Waals surface area contributed by atoms with Crippen molar-refractivity contribution >= 4 is 64.5 Å². The van der Waals surface area contributed by atoms with E-state index >= 15 is 0 Å². The molecule has 10 aromatic rings. The van der Waals surface area contributed by atoms with Gasteiger partial charge in [0.2, 0.25) is 5.89 Å². The van der Waals surface area contributed by atoms with Gasteiger partial charge in [0.15, 0.2) is 23.1 Å². The smallest absolute Gasteiger partial charge is 0.227 e. The van der Waals surface area contributed by atoms with E-state index in [9.17, 15) is 0 Å². The van der Waals surface area contributed by atoms with E-state index in [-0.39, 0.29) is 0 Å². The van der Waals surface area contributed by atoms with Crippen LogP contribution in [0.25, 0.3) is 98.8 Å². The molecule has 0 saturated heterocycles. The quantitative estimate of drug-likeness (QED) is 0.194. The number of rotatable bonds is 4. The lowest BCUT2D eigenvalue weighted by Gasteiger charge is -2.10. The molecule has 0 radical (unpaired) electrons. The summed E-state index contributed by atoms with van der Waals surface area (Å²) in [6.07, 6.45) is 0. The van der Waals surface area contributed by atoms with Crippen molar-refractivity contribution in [3.63, 3.8) is 0 Å². The molecule has 0 bridgehead atoms. The van der Waals surface area contributed by atoms with Crippen LogP contribution in [0.1, 0.15) is 0 Å². The largest absolute Gasteiger partial charge is 0.456 e. The highest BCUT2D eigenvalue weighted by molar-refractivity contribution is 7.26.